The molecule has 2 rings (SSSR count). The molecule has 0 atom stereocenters. The predicted molar refractivity (Wildman–Crippen MR) is 72.5 cm³/mol. The largest absolute Gasteiger partial charge is 0.333 e. The summed E-state index contributed by atoms with van der Waals surface area (Å²) in [5.41, 5.74) is 2.59. The van der Waals surface area contributed by atoms with E-state index in [-0.39, 0.29) is 0 Å². The van der Waals surface area contributed by atoms with Crippen LogP contribution in [0.2, 0.25) is 0 Å². The minimum Gasteiger partial charge on any atom is -0.333 e. The zero-order valence-corrected chi connectivity index (χ0v) is 11.0. The molecule has 2 aromatic rings. The van der Waals surface area contributed by atoms with Gasteiger partial charge in [-0.05, 0) is 24.2 Å². The number of likely N-dealkylation sites (N-methyl/N-ethyl adjacent to an activating group) is 1. The Morgan fingerprint density at radius 3 is 3.11 bits per heavy atom. The highest BCUT2D eigenvalue weighted by Crippen LogP contribution is 2.05. The molecule has 1 N–H and O–H groups in total. The van der Waals surface area contributed by atoms with Crippen molar-refractivity contribution in [3.8, 4) is 6.07 Å². The van der Waals surface area contributed by atoms with E-state index in [0.717, 1.165) is 30.8 Å². The summed E-state index contributed by atoms with van der Waals surface area (Å²) in [4.78, 5) is 8.33. The van der Waals surface area contributed by atoms with E-state index in [9.17, 15) is 0 Å². The van der Waals surface area contributed by atoms with E-state index < -0.39 is 0 Å². The number of hydrogen-bond donors (Lipinski definition) is 1. The van der Waals surface area contributed by atoms with Crippen LogP contribution in [0.5, 0.6) is 0 Å². The van der Waals surface area contributed by atoms with Crippen LogP contribution in [0, 0.1) is 11.3 Å². The molecule has 2 heterocycles. The maximum absolute atomic E-state index is 8.81. The standard InChI is InChI=1S/C14H17N5/c1-2-16-5-4-13-10-19(11-18-13)9-12-3-6-17-14(7-12)8-15/h3,6-7,10-11,16H,2,4-5,9H2,1H3. The Hall–Kier alpha value is -2.19. The number of nitriles is 1. The van der Waals surface area contributed by atoms with Crippen molar-refractivity contribution in [2.45, 2.75) is 19.9 Å². The van der Waals surface area contributed by atoms with Crippen LogP contribution < -0.4 is 5.32 Å². The van der Waals surface area contributed by atoms with Crippen LogP contribution >= 0.6 is 0 Å². The quantitative estimate of drug-likeness (QED) is 0.791. The minimum absolute atomic E-state index is 0.449. The third kappa shape index (κ3) is 3.90. The van der Waals surface area contributed by atoms with E-state index in [0.29, 0.717) is 12.2 Å². The second-order valence-electron chi connectivity index (χ2n) is 4.30. The molecule has 0 aliphatic rings. The van der Waals surface area contributed by atoms with Crippen LogP contribution in [0.4, 0.5) is 0 Å². The van der Waals surface area contributed by atoms with Crippen LogP contribution in [0.1, 0.15) is 23.9 Å². The second kappa shape index (κ2) is 6.66. The Morgan fingerprint density at radius 1 is 1.42 bits per heavy atom. The fourth-order valence-electron chi connectivity index (χ4n) is 1.86. The van der Waals surface area contributed by atoms with E-state index in [1.807, 2.05) is 29.2 Å². The molecule has 0 unspecified atom stereocenters. The van der Waals surface area contributed by atoms with Gasteiger partial charge in [-0.3, -0.25) is 0 Å². The molecule has 0 radical (unpaired) electrons. The minimum atomic E-state index is 0.449. The van der Waals surface area contributed by atoms with Crippen LogP contribution in [-0.2, 0) is 13.0 Å². The molecule has 0 saturated carbocycles. The molecule has 5 nitrogen and oxygen atoms in total. The smallest absolute Gasteiger partial charge is 0.140 e. The Bertz CT molecular complexity index is 567. The van der Waals surface area contributed by atoms with Gasteiger partial charge in [-0.1, -0.05) is 6.92 Å². The molecule has 0 bridgehead atoms. The van der Waals surface area contributed by atoms with Gasteiger partial charge in [0.15, 0.2) is 0 Å². The predicted octanol–water partition coefficient (Wildman–Crippen LogP) is 1.35. The van der Waals surface area contributed by atoms with E-state index in [4.69, 9.17) is 5.26 Å². The molecule has 98 valence electrons. The van der Waals surface area contributed by atoms with E-state index in [1.54, 1.807) is 12.3 Å². The van der Waals surface area contributed by atoms with Crippen molar-refractivity contribution in [3.05, 3.63) is 47.8 Å². The Labute approximate surface area is 112 Å². The molecule has 5 heteroatoms. The average Bonchev–Trinajstić information content (AvgIpc) is 2.87. The van der Waals surface area contributed by atoms with Gasteiger partial charge < -0.3 is 9.88 Å². The molecule has 19 heavy (non-hydrogen) atoms. The van der Waals surface area contributed by atoms with Crippen molar-refractivity contribution in [1.82, 2.24) is 19.9 Å². The van der Waals surface area contributed by atoms with Gasteiger partial charge in [0.2, 0.25) is 0 Å². The number of rotatable bonds is 6. The van der Waals surface area contributed by atoms with Gasteiger partial charge in [0.1, 0.15) is 11.8 Å². The molecule has 2 aromatic heterocycles. The number of imidazole rings is 1. The number of aromatic nitrogens is 3. The SMILES string of the molecule is CCNCCc1cn(Cc2ccnc(C#N)c2)cn1. The highest BCUT2D eigenvalue weighted by molar-refractivity contribution is 5.25. The first kappa shape index (κ1) is 13.2. The highest BCUT2D eigenvalue weighted by atomic mass is 15.0. The van der Waals surface area contributed by atoms with Crippen molar-refractivity contribution in [2.24, 2.45) is 0 Å². The molecule has 0 aliphatic carbocycles. The molecule has 0 aliphatic heterocycles. The van der Waals surface area contributed by atoms with Crippen molar-refractivity contribution < 1.29 is 0 Å². The van der Waals surface area contributed by atoms with Crippen molar-refractivity contribution >= 4 is 0 Å². The number of nitrogens with one attached hydrogen (secondary N) is 1. The van der Waals surface area contributed by atoms with Crippen LogP contribution in [-0.4, -0.2) is 27.6 Å². The summed E-state index contributed by atoms with van der Waals surface area (Å²) in [7, 11) is 0. The number of hydrogen-bond acceptors (Lipinski definition) is 4. The molecule has 0 aromatic carbocycles. The van der Waals surface area contributed by atoms with E-state index in [2.05, 4.69) is 22.2 Å². The van der Waals surface area contributed by atoms with Crippen LogP contribution in [0.15, 0.2) is 30.9 Å². The van der Waals surface area contributed by atoms with Crippen molar-refractivity contribution in [2.75, 3.05) is 13.1 Å². The van der Waals surface area contributed by atoms with Gasteiger partial charge in [-0.15, -0.1) is 0 Å². The third-order valence-corrected chi connectivity index (χ3v) is 2.80. The summed E-state index contributed by atoms with van der Waals surface area (Å²) in [6.07, 6.45) is 6.47. The Kier molecular flexibility index (Phi) is 4.65. The topological polar surface area (TPSA) is 66.5 Å². The molecule has 0 spiro atoms. The van der Waals surface area contributed by atoms with Crippen molar-refractivity contribution in [1.29, 1.82) is 5.26 Å². The first-order chi connectivity index (χ1) is 9.31. The summed E-state index contributed by atoms with van der Waals surface area (Å²) in [5, 5.41) is 12.1. The second-order valence-corrected chi connectivity index (χ2v) is 4.30. The monoisotopic (exact) mass is 255 g/mol. The zero-order valence-electron chi connectivity index (χ0n) is 11.0. The fraction of sp³-hybridized carbons (Fsp3) is 0.357. The van der Waals surface area contributed by atoms with Gasteiger partial charge >= 0.3 is 0 Å². The summed E-state index contributed by atoms with van der Waals surface area (Å²) in [6.45, 7) is 4.73. The Morgan fingerprint density at radius 2 is 2.32 bits per heavy atom. The van der Waals surface area contributed by atoms with Gasteiger partial charge in [-0.2, -0.15) is 5.26 Å². The van der Waals surface area contributed by atoms with E-state index in [1.165, 1.54) is 0 Å². The zero-order chi connectivity index (χ0) is 13.5. The summed E-state index contributed by atoms with van der Waals surface area (Å²) < 4.78 is 2.03. The lowest BCUT2D eigenvalue weighted by atomic mass is 10.2. The van der Waals surface area contributed by atoms with E-state index >= 15 is 0 Å². The molecule has 0 fully saturated rings. The Balaban J connectivity index is 1.97. The normalized spacial score (nSPS) is 10.3. The lowest BCUT2D eigenvalue weighted by Gasteiger charge is -2.02. The number of nitrogens with zero attached hydrogens (tertiary/aromatic N) is 4. The summed E-state index contributed by atoms with van der Waals surface area (Å²) in [5.74, 6) is 0. The highest BCUT2D eigenvalue weighted by Gasteiger charge is 2.01. The molecule has 0 amide bonds. The molecule has 0 saturated heterocycles. The van der Waals surface area contributed by atoms with Gasteiger partial charge in [0.05, 0.1) is 12.0 Å². The summed E-state index contributed by atoms with van der Waals surface area (Å²) >= 11 is 0. The van der Waals surface area contributed by atoms with Crippen LogP contribution in [0.3, 0.4) is 0 Å². The third-order valence-electron chi connectivity index (χ3n) is 2.80. The fourth-order valence-corrected chi connectivity index (χ4v) is 1.86. The first-order valence-electron chi connectivity index (χ1n) is 6.38. The summed E-state index contributed by atoms with van der Waals surface area (Å²) in [6, 6.07) is 5.77. The van der Waals surface area contributed by atoms with Crippen molar-refractivity contribution in [3.63, 3.8) is 0 Å². The van der Waals surface area contributed by atoms with Crippen LogP contribution in [0.25, 0.3) is 0 Å². The number of pyridine rings is 1. The maximum atomic E-state index is 8.81. The van der Waals surface area contributed by atoms with Gasteiger partial charge in [-0.25, -0.2) is 9.97 Å². The average molecular weight is 255 g/mol. The lowest BCUT2D eigenvalue weighted by Crippen LogP contribution is -2.16. The maximum Gasteiger partial charge on any atom is 0.140 e. The first-order valence-corrected chi connectivity index (χ1v) is 6.38. The van der Waals surface area contributed by atoms with Gasteiger partial charge in [0.25, 0.3) is 0 Å². The lowest BCUT2D eigenvalue weighted by molar-refractivity contribution is 0.708. The molecular weight excluding hydrogens is 238 g/mol. The molecular formula is C14H17N5. The van der Waals surface area contributed by atoms with Gasteiger partial charge in [0, 0.05) is 31.9 Å².